The molecule has 0 heterocycles. The summed E-state index contributed by atoms with van der Waals surface area (Å²) in [6, 6.07) is 2.08. The number of carboxylic acids is 1. The number of halogens is 2. The van der Waals surface area contributed by atoms with Gasteiger partial charge in [0.05, 0.1) is 11.3 Å². The molecule has 0 saturated heterocycles. The number of benzene rings is 1. The number of nitrogens with two attached hydrogens (primary N) is 1. The fourth-order valence-corrected chi connectivity index (χ4v) is 2.36. The molecule has 0 amide bonds. The van der Waals surface area contributed by atoms with Crippen LogP contribution in [0.5, 0.6) is 0 Å². The van der Waals surface area contributed by atoms with Crippen LogP contribution in [0.15, 0.2) is 12.1 Å². The van der Waals surface area contributed by atoms with E-state index in [0.29, 0.717) is 0 Å². The minimum atomic E-state index is -1.49. The highest BCUT2D eigenvalue weighted by Crippen LogP contribution is 2.25. The summed E-state index contributed by atoms with van der Waals surface area (Å²) in [7, 11) is 0. The minimum absolute atomic E-state index is 0.0372. The molecule has 2 atom stereocenters. The molecule has 1 aromatic rings. The van der Waals surface area contributed by atoms with Gasteiger partial charge in [0.15, 0.2) is 11.6 Å². The lowest BCUT2D eigenvalue weighted by Crippen LogP contribution is -2.42. The van der Waals surface area contributed by atoms with Crippen LogP contribution >= 0.6 is 0 Å². The van der Waals surface area contributed by atoms with E-state index in [1.54, 1.807) is 0 Å². The Labute approximate surface area is 109 Å². The molecule has 6 heteroatoms. The van der Waals surface area contributed by atoms with Crippen LogP contribution in [0.2, 0.25) is 0 Å². The molecule has 1 saturated carbocycles. The molecule has 0 spiro atoms. The molecule has 1 aromatic carbocycles. The number of aromatic carboxylic acids is 1. The Morgan fingerprint density at radius 2 is 1.95 bits per heavy atom. The van der Waals surface area contributed by atoms with Crippen LogP contribution in [0.4, 0.5) is 14.5 Å². The number of carbonyl (C=O) groups is 1. The third kappa shape index (κ3) is 2.84. The van der Waals surface area contributed by atoms with Gasteiger partial charge in [-0.3, -0.25) is 0 Å². The zero-order valence-electron chi connectivity index (χ0n) is 10.3. The average Bonchev–Trinajstić information content (AvgIpc) is 2.37. The molecule has 2 rings (SSSR count). The molecule has 4 N–H and O–H groups in total. The molecular weight excluding hydrogens is 254 g/mol. The number of hydrogen-bond donors (Lipinski definition) is 3. The van der Waals surface area contributed by atoms with Gasteiger partial charge >= 0.3 is 5.97 Å². The molecule has 1 aliphatic rings. The molecular formula is C13H16F2N2O2. The van der Waals surface area contributed by atoms with Gasteiger partial charge < -0.3 is 16.2 Å². The van der Waals surface area contributed by atoms with Gasteiger partial charge in [0.25, 0.3) is 0 Å². The first-order chi connectivity index (χ1) is 9.00. The summed E-state index contributed by atoms with van der Waals surface area (Å²) < 4.78 is 27.3. The molecule has 104 valence electrons. The largest absolute Gasteiger partial charge is 0.478 e. The van der Waals surface area contributed by atoms with Crippen LogP contribution in [0.3, 0.4) is 0 Å². The second-order valence-electron chi connectivity index (χ2n) is 4.79. The van der Waals surface area contributed by atoms with Crippen molar-refractivity contribution in [2.45, 2.75) is 37.8 Å². The Bertz CT molecular complexity index is 494. The number of carboxylic acid groups (broad SMARTS) is 1. The van der Waals surface area contributed by atoms with Gasteiger partial charge in [-0.1, -0.05) is 12.8 Å². The maximum absolute atomic E-state index is 13.8. The highest BCUT2D eigenvalue weighted by molar-refractivity contribution is 5.88. The van der Waals surface area contributed by atoms with E-state index >= 15 is 0 Å². The Kier molecular flexibility index (Phi) is 3.99. The highest BCUT2D eigenvalue weighted by atomic mass is 19.2. The smallest absolute Gasteiger partial charge is 0.338 e. The summed E-state index contributed by atoms with van der Waals surface area (Å²) in [5.74, 6) is -4.00. The van der Waals surface area contributed by atoms with E-state index in [9.17, 15) is 13.6 Å². The van der Waals surface area contributed by atoms with E-state index in [2.05, 4.69) is 5.32 Å². The summed E-state index contributed by atoms with van der Waals surface area (Å²) in [5, 5.41) is 11.6. The molecule has 0 radical (unpaired) electrons. The van der Waals surface area contributed by atoms with Crippen molar-refractivity contribution in [3.05, 3.63) is 29.3 Å². The van der Waals surface area contributed by atoms with Crippen molar-refractivity contribution in [2.75, 3.05) is 5.32 Å². The summed E-state index contributed by atoms with van der Waals surface area (Å²) in [6.45, 7) is 0. The molecule has 0 bridgehead atoms. The van der Waals surface area contributed by atoms with Gasteiger partial charge in [0.1, 0.15) is 0 Å². The molecule has 0 aliphatic heterocycles. The van der Waals surface area contributed by atoms with Crippen LogP contribution in [-0.4, -0.2) is 23.2 Å². The van der Waals surface area contributed by atoms with E-state index in [1.165, 1.54) is 6.07 Å². The predicted molar refractivity (Wildman–Crippen MR) is 67.2 cm³/mol. The fraction of sp³-hybridized carbons (Fsp3) is 0.462. The zero-order chi connectivity index (χ0) is 14.0. The van der Waals surface area contributed by atoms with Crippen molar-refractivity contribution in [1.29, 1.82) is 0 Å². The number of anilines is 1. The van der Waals surface area contributed by atoms with Gasteiger partial charge in [-0.15, -0.1) is 0 Å². The molecule has 4 nitrogen and oxygen atoms in total. The number of nitrogens with one attached hydrogen (secondary N) is 1. The van der Waals surface area contributed by atoms with Crippen LogP contribution in [0.1, 0.15) is 36.0 Å². The molecule has 0 unspecified atom stereocenters. The van der Waals surface area contributed by atoms with Gasteiger partial charge in [0, 0.05) is 12.1 Å². The van der Waals surface area contributed by atoms with Gasteiger partial charge in [-0.25, -0.2) is 13.6 Å². The normalized spacial score (nSPS) is 23.1. The topological polar surface area (TPSA) is 75.3 Å². The third-order valence-electron chi connectivity index (χ3n) is 3.47. The lowest BCUT2D eigenvalue weighted by Gasteiger charge is -2.30. The van der Waals surface area contributed by atoms with E-state index in [1.807, 2.05) is 0 Å². The minimum Gasteiger partial charge on any atom is -0.478 e. The first-order valence-corrected chi connectivity index (χ1v) is 6.24. The Morgan fingerprint density at radius 1 is 1.26 bits per heavy atom. The summed E-state index contributed by atoms with van der Waals surface area (Å²) in [5.41, 5.74) is 5.21. The van der Waals surface area contributed by atoms with Crippen molar-refractivity contribution >= 4 is 11.7 Å². The van der Waals surface area contributed by atoms with E-state index in [4.69, 9.17) is 10.8 Å². The summed E-state index contributed by atoms with van der Waals surface area (Å²) in [6.07, 6.45) is 3.66. The second kappa shape index (κ2) is 5.52. The molecule has 1 aliphatic carbocycles. The SMILES string of the molecule is N[C@@H]1CCCC[C@H]1Nc1ccc(C(=O)O)c(F)c1F. The van der Waals surface area contributed by atoms with Crippen molar-refractivity contribution in [3.63, 3.8) is 0 Å². The Morgan fingerprint density at radius 3 is 2.58 bits per heavy atom. The maximum atomic E-state index is 13.8. The third-order valence-corrected chi connectivity index (χ3v) is 3.47. The van der Waals surface area contributed by atoms with Crippen molar-refractivity contribution in [2.24, 2.45) is 5.73 Å². The van der Waals surface area contributed by atoms with Crippen LogP contribution < -0.4 is 11.1 Å². The molecule has 1 fully saturated rings. The van der Waals surface area contributed by atoms with Gasteiger partial charge in [0.2, 0.25) is 0 Å². The number of rotatable bonds is 3. The van der Waals surface area contributed by atoms with E-state index in [-0.39, 0.29) is 17.8 Å². The average molecular weight is 270 g/mol. The van der Waals surface area contributed by atoms with Crippen molar-refractivity contribution in [3.8, 4) is 0 Å². The van der Waals surface area contributed by atoms with E-state index < -0.39 is 23.2 Å². The summed E-state index contributed by atoms with van der Waals surface area (Å²) in [4.78, 5) is 10.7. The highest BCUT2D eigenvalue weighted by Gasteiger charge is 2.24. The van der Waals surface area contributed by atoms with Crippen molar-refractivity contribution in [1.82, 2.24) is 0 Å². The first kappa shape index (κ1) is 13.7. The monoisotopic (exact) mass is 270 g/mol. The standard InChI is InChI=1S/C13H16F2N2O2/c14-11-7(13(18)19)5-6-10(12(11)15)17-9-4-2-1-3-8(9)16/h5-6,8-9,17H,1-4,16H2,(H,18,19)/t8-,9-/m1/s1. The zero-order valence-corrected chi connectivity index (χ0v) is 10.3. The molecule has 0 aromatic heterocycles. The van der Waals surface area contributed by atoms with Crippen molar-refractivity contribution < 1.29 is 18.7 Å². The number of hydrogen-bond acceptors (Lipinski definition) is 3. The quantitative estimate of drug-likeness (QED) is 0.788. The summed E-state index contributed by atoms with van der Waals surface area (Å²) >= 11 is 0. The Hall–Kier alpha value is -1.69. The molecule has 19 heavy (non-hydrogen) atoms. The lowest BCUT2D eigenvalue weighted by molar-refractivity contribution is 0.0690. The van der Waals surface area contributed by atoms with Crippen LogP contribution in [0, 0.1) is 11.6 Å². The lowest BCUT2D eigenvalue weighted by atomic mass is 9.91. The Balaban J connectivity index is 2.21. The fourth-order valence-electron chi connectivity index (χ4n) is 2.36. The van der Waals surface area contributed by atoms with Gasteiger partial charge in [-0.2, -0.15) is 0 Å². The predicted octanol–water partition coefficient (Wildman–Crippen LogP) is 2.34. The van der Waals surface area contributed by atoms with Gasteiger partial charge in [-0.05, 0) is 25.0 Å². The van der Waals surface area contributed by atoms with E-state index in [0.717, 1.165) is 31.7 Å². The first-order valence-electron chi connectivity index (χ1n) is 6.24. The van der Waals surface area contributed by atoms with Crippen LogP contribution in [-0.2, 0) is 0 Å². The van der Waals surface area contributed by atoms with Crippen LogP contribution in [0.25, 0.3) is 0 Å². The maximum Gasteiger partial charge on any atom is 0.338 e. The second-order valence-corrected chi connectivity index (χ2v) is 4.79.